The first-order valence-electron chi connectivity index (χ1n) is 6.88. The molecule has 0 fully saturated rings. The number of aromatic hydroxyl groups is 1. The Kier molecular flexibility index (Phi) is 8.53. The van der Waals surface area contributed by atoms with Gasteiger partial charge in [0.05, 0.1) is 5.69 Å². The number of nitrogens with zero attached hydrogens (tertiary/aromatic N) is 1. The van der Waals surface area contributed by atoms with E-state index in [1.54, 1.807) is 25.1 Å². The second-order valence-corrected chi connectivity index (χ2v) is 7.54. The molecule has 0 spiro atoms. The fourth-order valence-electron chi connectivity index (χ4n) is 1.85. The number of hydrogen-bond acceptors (Lipinski definition) is 2. The standard InChI is InChI=1S/C16H12F5NO.2ClH.Ti/c1-10-3-2-4-11(14(10)23)9-22-13-7-5-12(6-8-13)15(17,18)16(19,20)21;;;/h2-9,23H,1H3;2*1H;/q;;;+2/p-2. The van der Waals surface area contributed by atoms with Gasteiger partial charge in [-0.3, -0.25) is 4.99 Å². The normalized spacial score (nSPS) is 11.8. The Bertz CT molecular complexity index is 751. The molecular weight excluding hydrogens is 436 g/mol. The molecular formula is C16H12Cl2F5NOTi. The number of phenolic OH excluding ortho intramolecular Hbond substituents is 1. The number of hydrogen-bond donors (Lipinski definition) is 1. The van der Waals surface area contributed by atoms with Crippen molar-refractivity contribution >= 4 is 30.5 Å². The Labute approximate surface area is 163 Å². The van der Waals surface area contributed by atoms with E-state index in [4.69, 9.17) is 18.6 Å². The number of halogens is 7. The molecule has 0 aliphatic heterocycles. The van der Waals surface area contributed by atoms with Gasteiger partial charge in [0.25, 0.3) is 0 Å². The Hall–Kier alpha value is -1.15. The predicted molar refractivity (Wildman–Crippen MR) is 88.2 cm³/mol. The third-order valence-corrected chi connectivity index (χ3v) is 3.21. The van der Waals surface area contributed by atoms with E-state index >= 15 is 0 Å². The molecule has 0 aromatic heterocycles. The maximum absolute atomic E-state index is 13.1. The van der Waals surface area contributed by atoms with Gasteiger partial charge in [0.1, 0.15) is 5.75 Å². The van der Waals surface area contributed by atoms with E-state index in [1.165, 1.54) is 6.21 Å². The van der Waals surface area contributed by atoms with E-state index < -0.39 is 34.7 Å². The summed E-state index contributed by atoms with van der Waals surface area (Å²) >= 11 is -0.556. The summed E-state index contributed by atoms with van der Waals surface area (Å²) in [7, 11) is 9.78. The van der Waals surface area contributed by atoms with Crippen LogP contribution in [0.15, 0.2) is 47.5 Å². The number of alkyl halides is 5. The van der Waals surface area contributed by atoms with Crippen LogP contribution in [0.2, 0.25) is 0 Å². The van der Waals surface area contributed by atoms with Crippen LogP contribution in [0.1, 0.15) is 16.7 Å². The number of para-hydroxylation sites is 1. The monoisotopic (exact) mass is 447 g/mol. The van der Waals surface area contributed by atoms with Crippen molar-refractivity contribution in [3.05, 3.63) is 59.2 Å². The second-order valence-electron chi connectivity index (χ2n) is 4.96. The van der Waals surface area contributed by atoms with Crippen LogP contribution in [0, 0.1) is 6.92 Å². The van der Waals surface area contributed by atoms with E-state index in [9.17, 15) is 27.1 Å². The molecule has 10 heteroatoms. The molecule has 0 bridgehead atoms. The summed E-state index contributed by atoms with van der Waals surface area (Å²) in [6, 6.07) is 8.45. The van der Waals surface area contributed by atoms with E-state index in [1.807, 2.05) is 0 Å². The third kappa shape index (κ3) is 5.94. The van der Waals surface area contributed by atoms with Crippen LogP contribution in [0.25, 0.3) is 0 Å². The molecule has 1 N–H and O–H groups in total. The first-order valence-corrected chi connectivity index (χ1v) is 11.2. The minimum atomic E-state index is -5.65. The summed E-state index contributed by atoms with van der Waals surface area (Å²) < 4.78 is 63.1. The number of benzene rings is 2. The van der Waals surface area contributed by atoms with Gasteiger partial charge in [0.2, 0.25) is 0 Å². The molecule has 0 atom stereocenters. The first-order chi connectivity index (χ1) is 12.0. The molecule has 2 aromatic rings. The summed E-state index contributed by atoms with van der Waals surface area (Å²) in [5, 5.41) is 9.80. The molecule has 2 aromatic carbocycles. The van der Waals surface area contributed by atoms with Gasteiger partial charge in [-0.15, -0.1) is 0 Å². The van der Waals surface area contributed by atoms with Crippen LogP contribution < -0.4 is 0 Å². The molecule has 0 unspecified atom stereocenters. The zero-order valence-corrected chi connectivity index (χ0v) is 16.2. The van der Waals surface area contributed by atoms with Gasteiger partial charge >= 0.3 is 47.7 Å². The fraction of sp³-hybridized carbons (Fsp3) is 0.188. The van der Waals surface area contributed by atoms with Crippen molar-refractivity contribution in [2.45, 2.75) is 19.0 Å². The predicted octanol–water partition coefficient (Wildman–Crippen LogP) is 6.48. The fourth-order valence-corrected chi connectivity index (χ4v) is 1.85. The molecule has 26 heavy (non-hydrogen) atoms. The van der Waals surface area contributed by atoms with Crippen molar-refractivity contribution in [3.8, 4) is 5.75 Å². The Morgan fingerprint density at radius 3 is 2.04 bits per heavy atom. The minimum absolute atomic E-state index is 0.0245. The molecule has 0 saturated heterocycles. The zero-order chi connectivity index (χ0) is 20.0. The SMILES string of the molecule is Cc1cccc(C=Nc2ccc(C(F)(F)C(F)(F)F)cc2)c1O.[Cl][Ti][Cl]. The van der Waals surface area contributed by atoms with Gasteiger partial charge < -0.3 is 5.11 Å². The number of rotatable bonds is 3. The molecule has 0 radical (unpaired) electrons. The number of phenols is 1. The van der Waals surface area contributed by atoms with Crippen LogP contribution in [-0.2, 0) is 23.0 Å². The second kappa shape index (κ2) is 9.69. The van der Waals surface area contributed by atoms with Crippen LogP contribution in [0.4, 0.5) is 27.6 Å². The maximum atomic E-state index is 13.1. The molecule has 0 amide bonds. The Balaban J connectivity index is 0.00000105. The van der Waals surface area contributed by atoms with Gasteiger partial charge in [-0.2, -0.15) is 22.0 Å². The van der Waals surface area contributed by atoms with E-state index in [0.717, 1.165) is 12.1 Å². The number of aryl methyl sites for hydroxylation is 1. The summed E-state index contributed by atoms with van der Waals surface area (Å²) in [6.45, 7) is 1.70. The molecule has 140 valence electrons. The van der Waals surface area contributed by atoms with Gasteiger partial charge in [0, 0.05) is 17.3 Å². The summed E-state index contributed by atoms with van der Waals surface area (Å²) in [5.74, 6) is -4.89. The van der Waals surface area contributed by atoms with Gasteiger partial charge in [0.15, 0.2) is 0 Å². The zero-order valence-electron chi connectivity index (χ0n) is 13.2. The van der Waals surface area contributed by atoms with Crippen LogP contribution in [0.3, 0.4) is 0 Å². The quantitative estimate of drug-likeness (QED) is 0.326. The van der Waals surface area contributed by atoms with E-state index in [2.05, 4.69) is 4.99 Å². The molecule has 0 heterocycles. The Morgan fingerprint density at radius 1 is 1.00 bits per heavy atom. The van der Waals surface area contributed by atoms with Crippen molar-refractivity contribution < 1.29 is 44.1 Å². The van der Waals surface area contributed by atoms with Crippen LogP contribution in [-0.4, -0.2) is 17.5 Å². The van der Waals surface area contributed by atoms with E-state index in [0.29, 0.717) is 23.3 Å². The van der Waals surface area contributed by atoms with Gasteiger partial charge in [-0.25, -0.2) is 0 Å². The number of aliphatic imine (C=N–C) groups is 1. The van der Waals surface area contributed by atoms with Crippen molar-refractivity contribution in [2.75, 3.05) is 0 Å². The van der Waals surface area contributed by atoms with Gasteiger partial charge in [-0.1, -0.05) is 24.3 Å². The molecule has 2 rings (SSSR count). The Morgan fingerprint density at radius 2 is 1.54 bits per heavy atom. The summed E-state index contributed by atoms with van der Waals surface area (Å²) in [4.78, 5) is 3.95. The van der Waals surface area contributed by atoms with Gasteiger partial charge in [-0.05, 0) is 30.7 Å². The van der Waals surface area contributed by atoms with Crippen molar-refractivity contribution in [1.29, 1.82) is 0 Å². The van der Waals surface area contributed by atoms with Crippen LogP contribution in [0.5, 0.6) is 5.75 Å². The summed E-state index contributed by atoms with van der Waals surface area (Å²) in [6.07, 6.45) is -4.34. The van der Waals surface area contributed by atoms with E-state index in [-0.39, 0.29) is 11.4 Å². The average Bonchev–Trinajstić information content (AvgIpc) is 2.56. The topological polar surface area (TPSA) is 32.6 Å². The molecule has 0 aliphatic rings. The molecule has 2 nitrogen and oxygen atoms in total. The van der Waals surface area contributed by atoms with Crippen molar-refractivity contribution in [1.82, 2.24) is 0 Å². The van der Waals surface area contributed by atoms with Crippen molar-refractivity contribution in [3.63, 3.8) is 0 Å². The van der Waals surface area contributed by atoms with Crippen LogP contribution >= 0.6 is 18.6 Å². The van der Waals surface area contributed by atoms with Crippen molar-refractivity contribution in [2.24, 2.45) is 4.99 Å². The third-order valence-electron chi connectivity index (χ3n) is 3.21. The average molecular weight is 448 g/mol. The first kappa shape index (κ1) is 22.9. The molecule has 0 aliphatic carbocycles. The molecule has 0 saturated carbocycles. The summed E-state index contributed by atoms with van der Waals surface area (Å²) in [5.41, 5.74) is 0.0822.